The zero-order valence-electron chi connectivity index (χ0n) is 9.21. The first kappa shape index (κ1) is 13.8. The summed E-state index contributed by atoms with van der Waals surface area (Å²) in [5.41, 5.74) is 1.44. The third kappa shape index (κ3) is 2.54. The number of anilines is 1. The molecule has 0 spiro atoms. The first-order valence-electron chi connectivity index (χ1n) is 5.01. The van der Waals surface area contributed by atoms with Crippen LogP contribution < -0.4 is 5.32 Å². The molecule has 1 atom stereocenters. The summed E-state index contributed by atoms with van der Waals surface area (Å²) in [5.74, 6) is -0.307. The first-order valence-corrected chi connectivity index (χ1v) is 7.03. The Hall–Kier alpha value is -0.620. The molecule has 0 bridgehead atoms. The van der Waals surface area contributed by atoms with Crippen molar-refractivity contribution < 1.29 is 4.79 Å². The Kier molecular flexibility index (Phi) is 4.27. The van der Waals surface area contributed by atoms with Gasteiger partial charge in [0.25, 0.3) is 0 Å². The third-order valence-electron chi connectivity index (χ3n) is 2.37. The molecular formula is C10H8Cl3N3OS. The highest BCUT2D eigenvalue weighted by Gasteiger charge is 2.18. The zero-order chi connectivity index (χ0) is 13.3. The van der Waals surface area contributed by atoms with E-state index < -0.39 is 0 Å². The van der Waals surface area contributed by atoms with E-state index in [0.717, 1.165) is 11.7 Å². The minimum Gasteiger partial charge on any atom is -0.323 e. The van der Waals surface area contributed by atoms with E-state index in [4.69, 9.17) is 34.8 Å². The van der Waals surface area contributed by atoms with E-state index >= 15 is 0 Å². The van der Waals surface area contributed by atoms with Crippen molar-refractivity contribution in [3.05, 3.63) is 16.1 Å². The molecule has 0 aliphatic heterocycles. The summed E-state index contributed by atoms with van der Waals surface area (Å²) in [7, 11) is 0. The van der Waals surface area contributed by atoms with E-state index in [-0.39, 0.29) is 17.7 Å². The van der Waals surface area contributed by atoms with Crippen LogP contribution in [0.4, 0.5) is 5.69 Å². The van der Waals surface area contributed by atoms with Gasteiger partial charge in [-0.05, 0) is 6.07 Å². The van der Waals surface area contributed by atoms with Crippen LogP contribution in [0.25, 0.3) is 11.0 Å². The fraction of sp³-hybridized carbons (Fsp3) is 0.300. The number of amides is 1. The van der Waals surface area contributed by atoms with E-state index in [1.807, 2.05) is 0 Å². The van der Waals surface area contributed by atoms with Gasteiger partial charge in [0.15, 0.2) is 0 Å². The predicted molar refractivity (Wildman–Crippen MR) is 75.9 cm³/mol. The maximum absolute atomic E-state index is 11.8. The summed E-state index contributed by atoms with van der Waals surface area (Å²) in [4.78, 5) is 11.8. The monoisotopic (exact) mass is 323 g/mol. The summed E-state index contributed by atoms with van der Waals surface area (Å²) in [6, 6.07) is 1.54. The van der Waals surface area contributed by atoms with Gasteiger partial charge in [-0.3, -0.25) is 4.79 Å². The van der Waals surface area contributed by atoms with Crippen LogP contribution in [0.3, 0.4) is 0 Å². The summed E-state index contributed by atoms with van der Waals surface area (Å²) >= 11 is 18.7. The lowest BCUT2D eigenvalue weighted by molar-refractivity contribution is -0.118. The Labute approximate surface area is 123 Å². The molecule has 0 fully saturated rings. The van der Waals surface area contributed by atoms with E-state index in [0.29, 0.717) is 26.8 Å². The number of alkyl halides is 1. The number of hydrogen-bond acceptors (Lipinski definition) is 4. The number of aromatic nitrogens is 2. The van der Waals surface area contributed by atoms with Crippen LogP contribution in [0.1, 0.15) is 6.92 Å². The molecule has 0 aliphatic carbocycles. The Bertz CT molecular complexity index is 601. The van der Waals surface area contributed by atoms with Crippen LogP contribution in [0.2, 0.25) is 10.0 Å². The number of rotatable bonds is 3. The highest BCUT2D eigenvalue weighted by molar-refractivity contribution is 7.00. The molecule has 18 heavy (non-hydrogen) atoms. The number of hydrogen-bond donors (Lipinski definition) is 1. The zero-order valence-corrected chi connectivity index (χ0v) is 12.3. The molecule has 1 aromatic heterocycles. The maximum Gasteiger partial charge on any atom is 0.228 e. The number of benzene rings is 1. The molecule has 2 rings (SSSR count). The molecule has 1 heterocycles. The molecule has 2 aromatic rings. The van der Waals surface area contributed by atoms with Crippen molar-refractivity contribution in [1.29, 1.82) is 0 Å². The summed E-state index contributed by atoms with van der Waals surface area (Å²) < 4.78 is 8.15. The molecule has 96 valence electrons. The van der Waals surface area contributed by atoms with Gasteiger partial charge in [-0.15, -0.1) is 11.6 Å². The Balaban J connectivity index is 2.44. The van der Waals surface area contributed by atoms with Crippen LogP contribution in [0.15, 0.2) is 6.07 Å². The van der Waals surface area contributed by atoms with Crippen molar-refractivity contribution in [1.82, 2.24) is 8.75 Å². The van der Waals surface area contributed by atoms with Gasteiger partial charge in [0.1, 0.15) is 11.0 Å². The average Bonchev–Trinajstić information content (AvgIpc) is 2.82. The lowest BCUT2D eigenvalue weighted by atomic mass is 10.2. The van der Waals surface area contributed by atoms with E-state index in [9.17, 15) is 4.79 Å². The number of carbonyl (C=O) groups is 1. The van der Waals surface area contributed by atoms with Crippen molar-refractivity contribution >= 4 is 69.2 Å². The van der Waals surface area contributed by atoms with Crippen LogP contribution in [0, 0.1) is 5.92 Å². The normalized spacial score (nSPS) is 12.7. The minimum absolute atomic E-state index is 0.219. The first-order chi connectivity index (χ1) is 8.54. The van der Waals surface area contributed by atoms with Gasteiger partial charge in [0, 0.05) is 11.8 Å². The fourth-order valence-electron chi connectivity index (χ4n) is 1.31. The van der Waals surface area contributed by atoms with Crippen molar-refractivity contribution in [3.63, 3.8) is 0 Å². The van der Waals surface area contributed by atoms with Gasteiger partial charge < -0.3 is 5.32 Å². The van der Waals surface area contributed by atoms with Gasteiger partial charge >= 0.3 is 0 Å². The number of halogens is 3. The average molecular weight is 325 g/mol. The van der Waals surface area contributed by atoms with E-state index in [1.54, 1.807) is 6.92 Å². The molecule has 0 saturated carbocycles. The maximum atomic E-state index is 11.8. The number of nitrogens with zero attached hydrogens (tertiary/aromatic N) is 2. The highest BCUT2D eigenvalue weighted by atomic mass is 35.5. The van der Waals surface area contributed by atoms with E-state index in [2.05, 4.69) is 14.1 Å². The molecular weight excluding hydrogens is 317 g/mol. The van der Waals surface area contributed by atoms with Crippen LogP contribution >= 0.6 is 46.5 Å². The lowest BCUT2D eigenvalue weighted by Gasteiger charge is -2.11. The standard InChI is InChI=1S/C10H8Cl3N3OS/c1-4(3-11)10(17)14-7-5(12)2-6(13)8-9(7)16-18-15-8/h2,4H,3H2,1H3,(H,14,17). The van der Waals surface area contributed by atoms with Crippen molar-refractivity contribution in [3.8, 4) is 0 Å². The molecule has 0 aliphatic rings. The van der Waals surface area contributed by atoms with Gasteiger partial charge in [0.05, 0.1) is 27.5 Å². The van der Waals surface area contributed by atoms with Crippen molar-refractivity contribution in [2.75, 3.05) is 11.2 Å². The molecule has 1 N–H and O–H groups in total. The van der Waals surface area contributed by atoms with Crippen molar-refractivity contribution in [2.45, 2.75) is 6.92 Å². The number of nitrogens with one attached hydrogen (secondary N) is 1. The molecule has 8 heteroatoms. The largest absolute Gasteiger partial charge is 0.323 e. The molecule has 0 saturated heterocycles. The smallest absolute Gasteiger partial charge is 0.228 e. The van der Waals surface area contributed by atoms with Gasteiger partial charge in [-0.2, -0.15) is 8.75 Å². The minimum atomic E-state index is -0.319. The highest BCUT2D eigenvalue weighted by Crippen LogP contribution is 2.35. The molecule has 1 unspecified atom stereocenters. The fourth-order valence-corrected chi connectivity index (χ4v) is 2.61. The summed E-state index contributed by atoms with van der Waals surface area (Å²) in [5, 5.41) is 3.45. The quantitative estimate of drug-likeness (QED) is 0.873. The van der Waals surface area contributed by atoms with Crippen LogP contribution in [-0.4, -0.2) is 20.5 Å². The number of fused-ring (bicyclic) bond motifs is 1. The Morgan fingerprint density at radius 3 is 2.72 bits per heavy atom. The Morgan fingerprint density at radius 2 is 2.06 bits per heavy atom. The molecule has 1 amide bonds. The second kappa shape index (κ2) is 5.57. The number of carbonyl (C=O) groups excluding carboxylic acids is 1. The lowest BCUT2D eigenvalue weighted by Crippen LogP contribution is -2.21. The predicted octanol–water partition coefficient (Wildman–Crippen LogP) is 3.81. The van der Waals surface area contributed by atoms with Crippen LogP contribution in [0.5, 0.6) is 0 Å². The van der Waals surface area contributed by atoms with Gasteiger partial charge in [-0.25, -0.2) is 0 Å². The third-order valence-corrected chi connectivity index (χ3v) is 3.95. The van der Waals surface area contributed by atoms with E-state index in [1.165, 1.54) is 6.07 Å². The van der Waals surface area contributed by atoms with Gasteiger partial charge in [-0.1, -0.05) is 30.1 Å². The second-order valence-electron chi connectivity index (χ2n) is 3.72. The molecule has 4 nitrogen and oxygen atoms in total. The molecule has 1 aromatic carbocycles. The molecule has 0 radical (unpaired) electrons. The second-order valence-corrected chi connectivity index (χ2v) is 5.37. The van der Waals surface area contributed by atoms with Crippen LogP contribution in [-0.2, 0) is 4.79 Å². The summed E-state index contributed by atoms with van der Waals surface area (Å²) in [6.45, 7) is 1.72. The topological polar surface area (TPSA) is 54.9 Å². The van der Waals surface area contributed by atoms with Gasteiger partial charge in [0.2, 0.25) is 5.91 Å². The van der Waals surface area contributed by atoms with Crippen molar-refractivity contribution in [2.24, 2.45) is 5.92 Å². The summed E-state index contributed by atoms with van der Waals surface area (Å²) in [6.07, 6.45) is 0. The Morgan fingerprint density at radius 1 is 1.39 bits per heavy atom. The SMILES string of the molecule is CC(CCl)C(=O)Nc1c(Cl)cc(Cl)c2nsnc12.